The molecule has 0 unspecified atom stereocenters. The largest absolute Gasteiger partial charge is 0.357 e. The summed E-state index contributed by atoms with van der Waals surface area (Å²) < 4.78 is 2.07. The maximum absolute atomic E-state index is 5.56. The van der Waals surface area contributed by atoms with E-state index < -0.39 is 0 Å². The predicted octanol–water partition coefficient (Wildman–Crippen LogP) is 2.80. The fourth-order valence-electron chi connectivity index (χ4n) is 2.98. The summed E-state index contributed by atoms with van der Waals surface area (Å²) in [5.74, 6) is 0. The van der Waals surface area contributed by atoms with E-state index in [9.17, 15) is 0 Å². The van der Waals surface area contributed by atoms with Gasteiger partial charge in [-0.15, -0.1) is 0 Å². The van der Waals surface area contributed by atoms with Crippen LogP contribution >= 0.6 is 12.2 Å². The van der Waals surface area contributed by atoms with Crippen LogP contribution in [0.5, 0.6) is 0 Å². The summed E-state index contributed by atoms with van der Waals surface area (Å²) >= 11 is 5.56. The first-order chi connectivity index (χ1) is 10.1. The van der Waals surface area contributed by atoms with E-state index in [0.29, 0.717) is 6.04 Å². The molecule has 21 heavy (non-hydrogen) atoms. The maximum atomic E-state index is 5.56. The average Bonchev–Trinajstić information content (AvgIpc) is 3.03. The zero-order valence-electron chi connectivity index (χ0n) is 12.5. The van der Waals surface area contributed by atoms with Crippen LogP contribution in [0.15, 0.2) is 42.9 Å². The van der Waals surface area contributed by atoms with Gasteiger partial charge in [-0.2, -0.15) is 0 Å². The summed E-state index contributed by atoms with van der Waals surface area (Å²) in [5.41, 5.74) is 2.28. The molecule has 3 heterocycles. The maximum Gasteiger partial charge on any atom is 0.170 e. The van der Waals surface area contributed by atoms with Gasteiger partial charge in [0.2, 0.25) is 0 Å². The van der Waals surface area contributed by atoms with Crippen LogP contribution in [0, 0.1) is 0 Å². The summed E-state index contributed by atoms with van der Waals surface area (Å²) in [6.45, 7) is 4.34. The molecule has 0 aromatic carbocycles. The number of hydrogen-bond donors (Lipinski definition) is 1. The van der Waals surface area contributed by atoms with Crippen LogP contribution in [-0.2, 0) is 7.05 Å². The zero-order valence-corrected chi connectivity index (χ0v) is 13.3. The Morgan fingerprint density at radius 1 is 1.29 bits per heavy atom. The molecule has 1 N–H and O–H groups in total. The summed E-state index contributed by atoms with van der Waals surface area (Å²) in [6.07, 6.45) is 6.07. The zero-order chi connectivity index (χ0) is 15.0. The van der Waals surface area contributed by atoms with Gasteiger partial charge in [0.05, 0.1) is 17.8 Å². The Hall–Kier alpha value is -1.88. The van der Waals surface area contributed by atoms with Crippen LogP contribution < -0.4 is 5.32 Å². The Morgan fingerprint density at radius 2 is 2.10 bits per heavy atom. The lowest BCUT2D eigenvalue weighted by Gasteiger charge is -2.30. The van der Waals surface area contributed by atoms with Gasteiger partial charge in [-0.3, -0.25) is 4.98 Å². The lowest BCUT2D eigenvalue weighted by atomic mass is 9.98. The molecule has 0 aliphatic carbocycles. The number of nitrogens with one attached hydrogen (secondary N) is 1. The third-order valence-corrected chi connectivity index (χ3v) is 4.22. The molecule has 2 aromatic heterocycles. The molecule has 0 spiro atoms. The molecule has 2 aromatic rings. The number of pyridine rings is 1. The van der Waals surface area contributed by atoms with Crippen molar-refractivity contribution in [3.05, 3.63) is 54.1 Å². The predicted molar refractivity (Wildman–Crippen MR) is 87.8 cm³/mol. The minimum absolute atomic E-state index is 0.0866. The van der Waals surface area contributed by atoms with Crippen molar-refractivity contribution < 1.29 is 0 Å². The number of rotatable bonds is 3. The van der Waals surface area contributed by atoms with Gasteiger partial charge in [0, 0.05) is 31.7 Å². The van der Waals surface area contributed by atoms with Crippen molar-refractivity contribution in [2.45, 2.75) is 32.0 Å². The van der Waals surface area contributed by atoms with Gasteiger partial charge >= 0.3 is 0 Å². The third kappa shape index (κ3) is 2.53. The average molecular weight is 300 g/mol. The highest BCUT2D eigenvalue weighted by Gasteiger charge is 2.41. The monoisotopic (exact) mass is 300 g/mol. The molecule has 5 heteroatoms. The molecule has 1 aliphatic rings. The molecule has 0 saturated carbocycles. The van der Waals surface area contributed by atoms with Gasteiger partial charge in [0.25, 0.3) is 0 Å². The van der Waals surface area contributed by atoms with E-state index in [0.717, 1.165) is 10.8 Å². The van der Waals surface area contributed by atoms with Crippen molar-refractivity contribution in [3.63, 3.8) is 0 Å². The minimum atomic E-state index is 0.0866. The van der Waals surface area contributed by atoms with E-state index in [1.54, 1.807) is 0 Å². The lowest BCUT2D eigenvalue weighted by Crippen LogP contribution is -2.35. The fraction of sp³-hybridized carbons (Fsp3) is 0.375. The molecular weight excluding hydrogens is 280 g/mol. The van der Waals surface area contributed by atoms with Crippen molar-refractivity contribution in [2.75, 3.05) is 0 Å². The first kappa shape index (κ1) is 14.1. The quantitative estimate of drug-likeness (QED) is 0.884. The second-order valence-electron chi connectivity index (χ2n) is 5.74. The second-order valence-corrected chi connectivity index (χ2v) is 6.12. The fourth-order valence-corrected chi connectivity index (χ4v) is 3.43. The molecular formula is C16H20N4S. The molecule has 0 radical (unpaired) electrons. The molecule has 2 atom stereocenters. The standard InChI is InChI=1S/C16H20N4S/c1-11(2)20-15(12-7-9-19(3)10-12)14(18-16(20)21)13-6-4-5-8-17-13/h4-11,14-15H,1-3H3,(H,18,21)/t14-,15+/m0/s1. The Labute approximate surface area is 130 Å². The summed E-state index contributed by atoms with van der Waals surface area (Å²) in [4.78, 5) is 6.78. The van der Waals surface area contributed by atoms with Crippen molar-refractivity contribution in [2.24, 2.45) is 7.05 Å². The summed E-state index contributed by atoms with van der Waals surface area (Å²) in [7, 11) is 2.04. The Morgan fingerprint density at radius 3 is 2.67 bits per heavy atom. The Kier molecular flexibility index (Phi) is 3.68. The lowest BCUT2D eigenvalue weighted by molar-refractivity contribution is 0.269. The Bertz CT molecular complexity index is 635. The molecule has 0 amide bonds. The first-order valence-corrected chi connectivity index (χ1v) is 7.60. The number of aromatic nitrogens is 2. The number of aryl methyl sites for hydroxylation is 1. The number of nitrogens with zero attached hydrogens (tertiary/aromatic N) is 3. The van der Waals surface area contributed by atoms with Gasteiger partial charge in [-0.25, -0.2) is 0 Å². The smallest absolute Gasteiger partial charge is 0.170 e. The van der Waals surface area contributed by atoms with Crippen LogP contribution in [0.1, 0.15) is 37.2 Å². The van der Waals surface area contributed by atoms with Crippen LogP contribution in [0.25, 0.3) is 0 Å². The highest BCUT2D eigenvalue weighted by molar-refractivity contribution is 7.80. The molecule has 1 aliphatic heterocycles. The van der Waals surface area contributed by atoms with E-state index >= 15 is 0 Å². The van der Waals surface area contributed by atoms with E-state index in [1.807, 2.05) is 25.4 Å². The molecule has 4 nitrogen and oxygen atoms in total. The molecule has 1 fully saturated rings. The normalized spacial score (nSPS) is 21.9. The topological polar surface area (TPSA) is 33.1 Å². The Balaban J connectivity index is 2.05. The van der Waals surface area contributed by atoms with Gasteiger partial charge in [-0.1, -0.05) is 6.07 Å². The van der Waals surface area contributed by atoms with E-state index in [1.165, 1.54) is 5.56 Å². The third-order valence-electron chi connectivity index (χ3n) is 3.89. The highest BCUT2D eigenvalue weighted by atomic mass is 32.1. The first-order valence-electron chi connectivity index (χ1n) is 7.19. The minimum Gasteiger partial charge on any atom is -0.357 e. The number of hydrogen-bond acceptors (Lipinski definition) is 2. The van der Waals surface area contributed by atoms with Crippen LogP contribution in [-0.4, -0.2) is 25.6 Å². The van der Waals surface area contributed by atoms with Crippen LogP contribution in [0.2, 0.25) is 0 Å². The second kappa shape index (κ2) is 5.48. The molecule has 0 bridgehead atoms. The van der Waals surface area contributed by atoms with Gasteiger partial charge < -0.3 is 14.8 Å². The number of thiocarbonyl (C=S) groups is 1. The molecule has 110 valence electrons. The van der Waals surface area contributed by atoms with Gasteiger partial charge in [0.15, 0.2) is 5.11 Å². The van der Waals surface area contributed by atoms with Crippen molar-refractivity contribution in [1.82, 2.24) is 19.8 Å². The van der Waals surface area contributed by atoms with E-state index in [-0.39, 0.29) is 12.1 Å². The summed E-state index contributed by atoms with van der Waals surface area (Å²) in [5, 5.41) is 4.25. The van der Waals surface area contributed by atoms with Gasteiger partial charge in [0.1, 0.15) is 0 Å². The van der Waals surface area contributed by atoms with Crippen LogP contribution in [0.4, 0.5) is 0 Å². The SMILES string of the molecule is CC(C)N1C(=S)N[C@@H](c2ccccn2)[C@H]1c1ccn(C)c1. The van der Waals surface area contributed by atoms with Gasteiger partial charge in [-0.05, 0) is 49.8 Å². The van der Waals surface area contributed by atoms with Crippen molar-refractivity contribution in [1.29, 1.82) is 0 Å². The summed E-state index contributed by atoms with van der Waals surface area (Å²) in [6, 6.07) is 8.77. The molecule has 3 rings (SSSR count). The van der Waals surface area contributed by atoms with E-state index in [2.05, 4.69) is 58.1 Å². The van der Waals surface area contributed by atoms with Crippen molar-refractivity contribution >= 4 is 17.3 Å². The van der Waals surface area contributed by atoms with Crippen molar-refractivity contribution in [3.8, 4) is 0 Å². The van der Waals surface area contributed by atoms with E-state index in [4.69, 9.17) is 12.2 Å². The highest BCUT2D eigenvalue weighted by Crippen LogP contribution is 2.39. The molecule has 1 saturated heterocycles. The van der Waals surface area contributed by atoms with Crippen LogP contribution in [0.3, 0.4) is 0 Å².